The first-order chi connectivity index (χ1) is 17.5. The number of amides is 1. The summed E-state index contributed by atoms with van der Waals surface area (Å²) in [5.41, 5.74) is 11.3. The first-order valence-electron chi connectivity index (χ1n) is 12.2. The smallest absolute Gasteiger partial charge is 0.254 e. The van der Waals surface area contributed by atoms with Crippen LogP contribution < -0.4 is 5.73 Å². The van der Waals surface area contributed by atoms with E-state index in [9.17, 15) is 14.4 Å². The van der Waals surface area contributed by atoms with Crippen LogP contribution in [-0.2, 0) is 0 Å². The molecule has 3 aromatic carbocycles. The predicted molar refractivity (Wildman–Crippen MR) is 135 cm³/mol. The van der Waals surface area contributed by atoms with Crippen LogP contribution in [0.3, 0.4) is 0 Å². The molecule has 2 aliphatic heterocycles. The quantitative estimate of drug-likeness (QED) is 0.445. The predicted octanol–water partition coefficient (Wildman–Crippen LogP) is 5.07. The van der Waals surface area contributed by atoms with Gasteiger partial charge in [-0.3, -0.25) is 14.8 Å². The Hall–Kier alpha value is -4.15. The number of aromatic nitrogens is 2. The van der Waals surface area contributed by atoms with Crippen LogP contribution in [0.25, 0.3) is 33.3 Å². The monoisotopic (exact) mass is 477 g/mol. The van der Waals surface area contributed by atoms with Gasteiger partial charge in [-0.2, -0.15) is 5.26 Å². The van der Waals surface area contributed by atoms with E-state index in [-0.39, 0.29) is 29.6 Å². The van der Waals surface area contributed by atoms with Gasteiger partial charge in [-0.05, 0) is 84.3 Å². The second-order valence-corrected chi connectivity index (χ2v) is 9.66. The average molecular weight is 478 g/mol. The van der Waals surface area contributed by atoms with Crippen LogP contribution in [0.5, 0.6) is 0 Å². The molecule has 6 rings (SSSR count). The number of nitriles is 1. The zero-order valence-electron chi connectivity index (χ0n) is 19.6. The van der Waals surface area contributed by atoms with Crippen LogP contribution in [0, 0.1) is 17.1 Å². The van der Waals surface area contributed by atoms with Gasteiger partial charge >= 0.3 is 0 Å². The molecule has 4 aromatic rings. The van der Waals surface area contributed by atoms with E-state index in [1.54, 1.807) is 18.5 Å². The van der Waals surface area contributed by atoms with E-state index < -0.39 is 5.82 Å². The van der Waals surface area contributed by atoms with E-state index in [1.807, 2.05) is 47.4 Å². The first-order valence-corrected chi connectivity index (χ1v) is 12.2. The van der Waals surface area contributed by atoms with Crippen molar-refractivity contribution in [3.8, 4) is 28.3 Å². The highest BCUT2D eigenvalue weighted by atomic mass is 19.1. The Morgan fingerprint density at radius 2 is 1.61 bits per heavy atom. The summed E-state index contributed by atoms with van der Waals surface area (Å²) in [7, 11) is 0. The van der Waals surface area contributed by atoms with Gasteiger partial charge in [0, 0.05) is 36.1 Å². The van der Waals surface area contributed by atoms with E-state index in [2.05, 4.69) is 9.97 Å². The molecule has 0 radical (unpaired) electrons. The normalized spacial score (nSPS) is 20.9. The van der Waals surface area contributed by atoms with Crippen molar-refractivity contribution in [2.45, 2.75) is 43.8 Å². The number of fused-ring (bicyclic) bond motifs is 3. The number of carbonyl (C=O) groups is 1. The zero-order valence-corrected chi connectivity index (χ0v) is 19.6. The van der Waals surface area contributed by atoms with E-state index in [4.69, 9.17) is 5.73 Å². The fourth-order valence-electron chi connectivity index (χ4n) is 5.77. The molecule has 2 atom stereocenters. The summed E-state index contributed by atoms with van der Waals surface area (Å²) in [6, 6.07) is 18.3. The highest BCUT2D eigenvalue weighted by Crippen LogP contribution is 2.39. The van der Waals surface area contributed by atoms with Gasteiger partial charge in [0.05, 0.1) is 16.6 Å². The molecule has 36 heavy (non-hydrogen) atoms. The summed E-state index contributed by atoms with van der Waals surface area (Å²) in [4.78, 5) is 24.5. The number of benzene rings is 3. The minimum absolute atomic E-state index is 0.0132. The van der Waals surface area contributed by atoms with Gasteiger partial charge in [0.1, 0.15) is 11.9 Å². The van der Waals surface area contributed by atoms with Crippen LogP contribution in [0.2, 0.25) is 0 Å². The molecule has 2 saturated heterocycles. The molecule has 2 fully saturated rings. The Bertz CT molecular complexity index is 1530. The van der Waals surface area contributed by atoms with Gasteiger partial charge in [0.25, 0.3) is 5.91 Å². The van der Waals surface area contributed by atoms with E-state index in [0.29, 0.717) is 16.7 Å². The van der Waals surface area contributed by atoms with Crippen molar-refractivity contribution in [3.63, 3.8) is 0 Å². The summed E-state index contributed by atoms with van der Waals surface area (Å²) in [6.07, 6.45) is 6.90. The van der Waals surface area contributed by atoms with Crippen LogP contribution in [0.1, 0.15) is 41.6 Å². The third-order valence-corrected chi connectivity index (χ3v) is 7.45. The van der Waals surface area contributed by atoms with Gasteiger partial charge in [-0.1, -0.05) is 18.2 Å². The SMILES string of the molecule is N#Cc1ccc(-c2cc(C(=O)N3C4CCC3CC(N)C4)ccc2-c2ccc3nccnc3c2)cc1F. The molecule has 3 heterocycles. The largest absolute Gasteiger partial charge is 0.333 e. The molecule has 178 valence electrons. The second kappa shape index (κ2) is 8.81. The van der Waals surface area contributed by atoms with Gasteiger partial charge < -0.3 is 10.6 Å². The van der Waals surface area contributed by atoms with Crippen molar-refractivity contribution in [2.24, 2.45) is 5.73 Å². The lowest BCUT2D eigenvalue weighted by Crippen LogP contribution is -2.50. The Balaban J connectivity index is 1.47. The molecule has 6 nitrogen and oxygen atoms in total. The van der Waals surface area contributed by atoms with Crippen molar-refractivity contribution in [1.82, 2.24) is 14.9 Å². The molecule has 0 saturated carbocycles. The summed E-state index contributed by atoms with van der Waals surface area (Å²) >= 11 is 0. The summed E-state index contributed by atoms with van der Waals surface area (Å²) in [5.74, 6) is -0.606. The number of hydrogen-bond donors (Lipinski definition) is 1. The number of nitrogens with zero attached hydrogens (tertiary/aromatic N) is 4. The fraction of sp³-hybridized carbons (Fsp3) is 0.241. The summed E-state index contributed by atoms with van der Waals surface area (Å²) in [5, 5.41) is 9.19. The molecule has 1 amide bonds. The number of rotatable bonds is 3. The summed E-state index contributed by atoms with van der Waals surface area (Å²) in [6.45, 7) is 0. The lowest BCUT2D eigenvalue weighted by molar-refractivity contribution is 0.0575. The molecule has 1 aromatic heterocycles. The lowest BCUT2D eigenvalue weighted by Gasteiger charge is -2.38. The highest BCUT2D eigenvalue weighted by molar-refractivity contribution is 5.99. The highest BCUT2D eigenvalue weighted by Gasteiger charge is 2.42. The van der Waals surface area contributed by atoms with Gasteiger partial charge in [0.15, 0.2) is 0 Å². The molecule has 7 heteroatoms. The first kappa shape index (κ1) is 22.3. The van der Waals surface area contributed by atoms with Crippen LogP contribution in [0.4, 0.5) is 4.39 Å². The van der Waals surface area contributed by atoms with E-state index >= 15 is 0 Å². The molecule has 2 bridgehead atoms. The number of hydrogen-bond acceptors (Lipinski definition) is 5. The molecule has 2 unspecified atom stereocenters. The second-order valence-electron chi connectivity index (χ2n) is 9.66. The van der Waals surface area contributed by atoms with Gasteiger partial charge in [-0.15, -0.1) is 0 Å². The van der Waals surface area contributed by atoms with Crippen molar-refractivity contribution in [2.75, 3.05) is 0 Å². The molecule has 2 aliphatic rings. The lowest BCUT2D eigenvalue weighted by atomic mass is 9.91. The topological polar surface area (TPSA) is 95.9 Å². The van der Waals surface area contributed by atoms with E-state index in [0.717, 1.165) is 47.8 Å². The number of carbonyl (C=O) groups excluding carboxylic acids is 1. The number of piperidine rings is 1. The van der Waals surface area contributed by atoms with Crippen LogP contribution in [0.15, 0.2) is 67.0 Å². The van der Waals surface area contributed by atoms with Crippen molar-refractivity contribution >= 4 is 16.9 Å². The van der Waals surface area contributed by atoms with Crippen molar-refractivity contribution in [1.29, 1.82) is 5.26 Å². The van der Waals surface area contributed by atoms with Gasteiger partial charge in [-0.25, -0.2) is 4.39 Å². The maximum atomic E-state index is 14.6. The molecule has 2 N–H and O–H groups in total. The van der Waals surface area contributed by atoms with Gasteiger partial charge in [0.2, 0.25) is 0 Å². The van der Waals surface area contributed by atoms with E-state index in [1.165, 1.54) is 12.1 Å². The fourth-order valence-corrected chi connectivity index (χ4v) is 5.77. The Kier molecular flexibility index (Phi) is 5.46. The number of halogens is 1. The molecule has 0 spiro atoms. The Morgan fingerprint density at radius 1 is 0.917 bits per heavy atom. The van der Waals surface area contributed by atoms with Crippen molar-refractivity contribution in [3.05, 3.63) is 83.9 Å². The maximum absolute atomic E-state index is 14.6. The molecular formula is C29H24FN5O. The van der Waals surface area contributed by atoms with Crippen molar-refractivity contribution < 1.29 is 9.18 Å². The van der Waals surface area contributed by atoms with Crippen LogP contribution >= 0.6 is 0 Å². The average Bonchev–Trinajstić information content (AvgIpc) is 3.18. The minimum Gasteiger partial charge on any atom is -0.333 e. The maximum Gasteiger partial charge on any atom is 0.254 e. The zero-order chi connectivity index (χ0) is 24.8. The third kappa shape index (κ3) is 3.80. The standard InChI is InChI=1S/C29H24FN5O/c30-26-12-17(1-2-20(26)16-31)25-11-19(29(36)35-22-5-6-23(35)15-21(32)14-22)3-7-24(25)18-4-8-27-28(13-18)34-10-9-33-27/h1-4,7-13,21-23H,5-6,14-15,32H2. The minimum atomic E-state index is -0.592. The molecular weight excluding hydrogens is 453 g/mol. The third-order valence-electron chi connectivity index (χ3n) is 7.45. The molecule has 0 aliphatic carbocycles. The Morgan fingerprint density at radius 3 is 2.33 bits per heavy atom. The number of nitrogens with two attached hydrogens (primary N) is 1. The Labute approximate surface area is 208 Å². The van der Waals surface area contributed by atoms with Crippen LogP contribution in [-0.4, -0.2) is 38.9 Å². The summed E-state index contributed by atoms with van der Waals surface area (Å²) < 4.78 is 14.6.